The van der Waals surface area contributed by atoms with E-state index in [1.807, 2.05) is 0 Å². The van der Waals surface area contributed by atoms with Gasteiger partial charge >= 0.3 is 0 Å². The topological polar surface area (TPSA) is 79.5 Å². The Morgan fingerprint density at radius 2 is 2.05 bits per heavy atom. The first kappa shape index (κ1) is 13.0. The molecule has 2 N–H and O–H groups in total. The van der Waals surface area contributed by atoms with Crippen molar-refractivity contribution in [1.29, 1.82) is 0 Å². The minimum atomic E-state index is -0.881. The van der Waals surface area contributed by atoms with Crippen molar-refractivity contribution >= 4 is 12.2 Å². The maximum atomic E-state index is 11.8. The quantitative estimate of drug-likeness (QED) is 0.798. The largest absolute Gasteiger partial charge is 0.467 e. The molecule has 0 aliphatic rings. The Hall–Kier alpha value is -2.40. The molecule has 0 saturated carbocycles. The van der Waals surface area contributed by atoms with Crippen molar-refractivity contribution in [1.82, 2.24) is 5.32 Å². The second kappa shape index (κ2) is 5.97. The molecule has 0 radical (unpaired) electrons. The van der Waals surface area contributed by atoms with E-state index in [4.69, 9.17) is 4.42 Å². The van der Waals surface area contributed by atoms with Crippen LogP contribution in [0.15, 0.2) is 47.1 Å². The predicted molar refractivity (Wildman–Crippen MR) is 67.8 cm³/mol. The number of nitrogens with one attached hydrogen (secondary N) is 1. The van der Waals surface area contributed by atoms with Gasteiger partial charge in [-0.2, -0.15) is 0 Å². The summed E-state index contributed by atoms with van der Waals surface area (Å²) in [6, 6.07) is 9.53. The van der Waals surface area contributed by atoms with Crippen molar-refractivity contribution < 1.29 is 19.1 Å². The maximum absolute atomic E-state index is 11.8. The number of hydrogen-bond donors (Lipinski definition) is 2. The number of aldehydes is 1. The van der Waals surface area contributed by atoms with Gasteiger partial charge in [-0.25, -0.2) is 0 Å². The summed E-state index contributed by atoms with van der Waals surface area (Å²) in [5, 5.41) is 12.3. The molecule has 98 valence electrons. The van der Waals surface area contributed by atoms with Crippen molar-refractivity contribution in [3.63, 3.8) is 0 Å². The van der Waals surface area contributed by atoms with Crippen LogP contribution in [0.2, 0.25) is 0 Å². The highest BCUT2D eigenvalue weighted by atomic mass is 16.4. The number of amides is 1. The van der Waals surface area contributed by atoms with E-state index in [9.17, 15) is 14.7 Å². The fourth-order valence-corrected chi connectivity index (χ4v) is 1.59. The summed E-state index contributed by atoms with van der Waals surface area (Å²) in [7, 11) is 0. The molecule has 2 aromatic rings. The third-order valence-electron chi connectivity index (χ3n) is 2.64. The van der Waals surface area contributed by atoms with Crippen LogP contribution in [0, 0.1) is 0 Å². The molecule has 0 spiro atoms. The van der Waals surface area contributed by atoms with Gasteiger partial charge in [0.2, 0.25) is 0 Å². The number of carbonyl (C=O) groups is 2. The van der Waals surface area contributed by atoms with Crippen LogP contribution in [-0.2, 0) is 0 Å². The molecule has 0 fully saturated rings. The molecule has 1 amide bonds. The van der Waals surface area contributed by atoms with Gasteiger partial charge in [0.1, 0.15) is 18.2 Å². The van der Waals surface area contributed by atoms with Gasteiger partial charge in [0.05, 0.1) is 12.8 Å². The first-order valence-corrected chi connectivity index (χ1v) is 5.75. The SMILES string of the molecule is O=Cc1ccc(C(=O)NCC(O)c2ccco2)cc1. The zero-order valence-electron chi connectivity index (χ0n) is 10.1. The van der Waals surface area contributed by atoms with Crippen LogP contribution in [0.25, 0.3) is 0 Å². The normalized spacial score (nSPS) is 11.8. The zero-order valence-corrected chi connectivity index (χ0v) is 10.1. The molecule has 0 aliphatic heterocycles. The summed E-state index contributed by atoms with van der Waals surface area (Å²) in [4.78, 5) is 22.3. The van der Waals surface area contributed by atoms with Crippen molar-refractivity contribution in [2.75, 3.05) is 6.54 Å². The van der Waals surface area contributed by atoms with E-state index < -0.39 is 6.10 Å². The number of aliphatic hydroxyl groups is 1. The maximum Gasteiger partial charge on any atom is 0.251 e. The highest BCUT2D eigenvalue weighted by Crippen LogP contribution is 2.12. The lowest BCUT2D eigenvalue weighted by molar-refractivity contribution is 0.0900. The first-order chi connectivity index (χ1) is 9.20. The van der Waals surface area contributed by atoms with E-state index in [2.05, 4.69) is 5.32 Å². The van der Waals surface area contributed by atoms with Gasteiger partial charge in [0.25, 0.3) is 5.91 Å². The molecule has 0 bridgehead atoms. The molecule has 0 aliphatic carbocycles. The van der Waals surface area contributed by atoms with Crippen LogP contribution in [0.3, 0.4) is 0 Å². The van der Waals surface area contributed by atoms with Gasteiger partial charge in [-0.1, -0.05) is 12.1 Å². The van der Waals surface area contributed by atoms with Crippen LogP contribution in [-0.4, -0.2) is 23.8 Å². The predicted octanol–water partition coefficient (Wildman–Crippen LogP) is 1.56. The molecule has 1 aromatic heterocycles. The van der Waals surface area contributed by atoms with Gasteiger partial charge in [-0.15, -0.1) is 0 Å². The third kappa shape index (κ3) is 3.29. The molecular formula is C14H13NO4. The summed E-state index contributed by atoms with van der Waals surface area (Å²) in [6.45, 7) is 0.0573. The summed E-state index contributed by atoms with van der Waals surface area (Å²) in [5.41, 5.74) is 0.935. The lowest BCUT2D eigenvalue weighted by Crippen LogP contribution is -2.28. The number of carbonyl (C=O) groups excluding carboxylic acids is 2. The highest BCUT2D eigenvalue weighted by Gasteiger charge is 2.12. The monoisotopic (exact) mass is 259 g/mol. The number of furan rings is 1. The molecule has 5 heteroatoms. The molecule has 1 heterocycles. The molecule has 1 unspecified atom stereocenters. The number of rotatable bonds is 5. The number of hydrogen-bond acceptors (Lipinski definition) is 4. The number of benzene rings is 1. The van der Waals surface area contributed by atoms with Crippen molar-refractivity contribution in [2.45, 2.75) is 6.10 Å². The van der Waals surface area contributed by atoms with Crippen molar-refractivity contribution in [2.24, 2.45) is 0 Å². The minimum Gasteiger partial charge on any atom is -0.467 e. The van der Waals surface area contributed by atoms with Crippen molar-refractivity contribution in [3.05, 3.63) is 59.5 Å². The second-order valence-electron chi connectivity index (χ2n) is 3.98. The summed E-state index contributed by atoms with van der Waals surface area (Å²) in [5.74, 6) is 0.0830. The second-order valence-corrected chi connectivity index (χ2v) is 3.98. The van der Waals surface area contributed by atoms with Crippen LogP contribution >= 0.6 is 0 Å². The lowest BCUT2D eigenvalue weighted by Gasteiger charge is -2.09. The minimum absolute atomic E-state index is 0.0573. The van der Waals surface area contributed by atoms with E-state index in [-0.39, 0.29) is 12.5 Å². The van der Waals surface area contributed by atoms with E-state index in [1.54, 1.807) is 36.4 Å². The molecule has 1 atom stereocenters. The highest BCUT2D eigenvalue weighted by molar-refractivity contribution is 5.94. The van der Waals surface area contributed by atoms with E-state index in [0.717, 1.165) is 0 Å². The standard InChI is InChI=1S/C14H13NO4/c16-9-10-3-5-11(6-4-10)14(18)15-8-12(17)13-2-1-7-19-13/h1-7,9,12,17H,8H2,(H,15,18). The van der Waals surface area contributed by atoms with E-state index >= 15 is 0 Å². The molecule has 19 heavy (non-hydrogen) atoms. The van der Waals surface area contributed by atoms with Gasteiger partial charge < -0.3 is 14.8 Å². The molecule has 1 aromatic carbocycles. The Bertz CT molecular complexity index is 545. The molecule has 5 nitrogen and oxygen atoms in total. The van der Waals surface area contributed by atoms with Gasteiger partial charge in [0.15, 0.2) is 0 Å². The fourth-order valence-electron chi connectivity index (χ4n) is 1.59. The average Bonchev–Trinajstić information content (AvgIpc) is 2.98. The van der Waals surface area contributed by atoms with Crippen LogP contribution in [0.5, 0.6) is 0 Å². The lowest BCUT2D eigenvalue weighted by atomic mass is 10.1. The van der Waals surface area contributed by atoms with Gasteiger partial charge in [-0.05, 0) is 24.3 Å². The Kier molecular flexibility index (Phi) is 4.10. The zero-order chi connectivity index (χ0) is 13.7. The molecular weight excluding hydrogens is 246 g/mol. The van der Waals surface area contributed by atoms with E-state index in [1.165, 1.54) is 6.26 Å². The Balaban J connectivity index is 1.91. The van der Waals surface area contributed by atoms with Crippen LogP contribution in [0.1, 0.15) is 32.6 Å². The fraction of sp³-hybridized carbons (Fsp3) is 0.143. The molecule has 2 rings (SSSR count). The molecule has 0 saturated heterocycles. The Morgan fingerprint density at radius 3 is 2.63 bits per heavy atom. The van der Waals surface area contributed by atoms with Crippen LogP contribution in [0.4, 0.5) is 0 Å². The number of aliphatic hydroxyl groups excluding tert-OH is 1. The Labute approximate surface area is 109 Å². The Morgan fingerprint density at radius 1 is 1.32 bits per heavy atom. The summed E-state index contributed by atoms with van der Waals surface area (Å²) < 4.78 is 5.02. The van der Waals surface area contributed by atoms with Crippen LogP contribution < -0.4 is 5.32 Å². The first-order valence-electron chi connectivity index (χ1n) is 5.75. The van der Waals surface area contributed by atoms with E-state index in [0.29, 0.717) is 23.2 Å². The summed E-state index contributed by atoms with van der Waals surface area (Å²) >= 11 is 0. The van der Waals surface area contributed by atoms with Crippen molar-refractivity contribution in [3.8, 4) is 0 Å². The average molecular weight is 259 g/mol. The smallest absolute Gasteiger partial charge is 0.251 e. The van der Waals surface area contributed by atoms with Gasteiger partial charge in [0, 0.05) is 11.1 Å². The van der Waals surface area contributed by atoms with Gasteiger partial charge in [-0.3, -0.25) is 9.59 Å². The summed E-state index contributed by atoms with van der Waals surface area (Å²) in [6.07, 6.45) is 1.29. The third-order valence-corrected chi connectivity index (χ3v) is 2.64.